The van der Waals surface area contributed by atoms with Crippen molar-refractivity contribution in [1.82, 2.24) is 0 Å². The minimum atomic E-state index is -0.904. The number of aromatic carboxylic acids is 1. The van der Waals surface area contributed by atoms with Crippen LogP contribution in [0.25, 0.3) is 11.0 Å². The van der Waals surface area contributed by atoms with Crippen molar-refractivity contribution in [3.8, 4) is 0 Å². The Bertz CT molecular complexity index is 549. The van der Waals surface area contributed by atoms with Gasteiger partial charge >= 0.3 is 5.97 Å². The Balaban J connectivity index is 2.85. The summed E-state index contributed by atoms with van der Waals surface area (Å²) in [5, 5.41) is 9.83. The number of hydrogen-bond acceptors (Lipinski definition) is 2. The number of aryl methyl sites for hydroxylation is 3. The quantitative estimate of drug-likeness (QED) is 0.776. The maximum absolute atomic E-state index is 10.9. The Labute approximate surface area is 87.3 Å². The Morgan fingerprint density at radius 2 is 1.93 bits per heavy atom. The smallest absolute Gasteiger partial charge is 0.335 e. The summed E-state index contributed by atoms with van der Waals surface area (Å²) in [7, 11) is 0. The van der Waals surface area contributed by atoms with Crippen LogP contribution >= 0.6 is 0 Å². The number of fused-ring (bicyclic) bond motifs is 1. The zero-order valence-corrected chi connectivity index (χ0v) is 8.92. The average Bonchev–Trinajstić information content (AvgIpc) is 2.45. The number of carboxylic acid groups (broad SMARTS) is 1. The van der Waals surface area contributed by atoms with Gasteiger partial charge in [0, 0.05) is 5.39 Å². The molecule has 0 spiro atoms. The van der Waals surface area contributed by atoms with Crippen molar-refractivity contribution < 1.29 is 14.3 Å². The molecular formula is C12H12O3. The van der Waals surface area contributed by atoms with Crippen LogP contribution in [0.15, 0.2) is 16.5 Å². The zero-order chi connectivity index (χ0) is 11.2. The van der Waals surface area contributed by atoms with E-state index < -0.39 is 5.97 Å². The number of benzene rings is 1. The van der Waals surface area contributed by atoms with Gasteiger partial charge in [-0.05, 0) is 44.0 Å². The second-order valence-electron chi connectivity index (χ2n) is 3.76. The summed E-state index contributed by atoms with van der Waals surface area (Å²) in [6.45, 7) is 5.68. The predicted octanol–water partition coefficient (Wildman–Crippen LogP) is 3.06. The monoisotopic (exact) mass is 204 g/mol. The van der Waals surface area contributed by atoms with Gasteiger partial charge in [0.15, 0.2) is 0 Å². The molecule has 0 aliphatic carbocycles. The van der Waals surface area contributed by atoms with Gasteiger partial charge in [-0.25, -0.2) is 4.79 Å². The van der Waals surface area contributed by atoms with E-state index in [0.29, 0.717) is 5.56 Å². The highest BCUT2D eigenvalue weighted by molar-refractivity contribution is 5.95. The molecule has 78 valence electrons. The van der Waals surface area contributed by atoms with E-state index in [1.807, 2.05) is 20.8 Å². The van der Waals surface area contributed by atoms with Gasteiger partial charge in [-0.2, -0.15) is 0 Å². The summed E-state index contributed by atoms with van der Waals surface area (Å²) in [5.74, 6) is -0.0612. The minimum Gasteiger partial charge on any atom is -0.478 e. The standard InChI is InChI=1S/C12H12O3/c1-6-4-9(12(13)14)5-10-7(2)8(3)15-11(6)10/h4-5H,1-3H3,(H,13,14). The highest BCUT2D eigenvalue weighted by Crippen LogP contribution is 2.28. The van der Waals surface area contributed by atoms with Crippen LogP contribution in [0.2, 0.25) is 0 Å². The number of carboxylic acids is 1. The largest absolute Gasteiger partial charge is 0.478 e. The molecular weight excluding hydrogens is 192 g/mol. The number of rotatable bonds is 1. The fraction of sp³-hybridized carbons (Fsp3) is 0.250. The maximum atomic E-state index is 10.9. The summed E-state index contributed by atoms with van der Waals surface area (Å²) >= 11 is 0. The van der Waals surface area contributed by atoms with E-state index in [2.05, 4.69) is 0 Å². The third-order valence-electron chi connectivity index (χ3n) is 2.71. The van der Waals surface area contributed by atoms with Crippen LogP contribution in [0, 0.1) is 20.8 Å². The van der Waals surface area contributed by atoms with Crippen LogP contribution in [0.1, 0.15) is 27.2 Å². The summed E-state index contributed by atoms with van der Waals surface area (Å²) in [6.07, 6.45) is 0. The lowest BCUT2D eigenvalue weighted by Gasteiger charge is -1.98. The van der Waals surface area contributed by atoms with Crippen molar-refractivity contribution in [3.63, 3.8) is 0 Å². The fourth-order valence-electron chi connectivity index (χ4n) is 1.73. The molecule has 1 N–H and O–H groups in total. The molecule has 2 rings (SSSR count). The Kier molecular flexibility index (Phi) is 2.03. The van der Waals surface area contributed by atoms with Crippen LogP contribution in [-0.4, -0.2) is 11.1 Å². The van der Waals surface area contributed by atoms with Crippen molar-refractivity contribution in [2.24, 2.45) is 0 Å². The van der Waals surface area contributed by atoms with Crippen molar-refractivity contribution in [3.05, 3.63) is 34.6 Å². The van der Waals surface area contributed by atoms with Crippen LogP contribution in [0.5, 0.6) is 0 Å². The van der Waals surface area contributed by atoms with E-state index >= 15 is 0 Å². The molecule has 3 nitrogen and oxygen atoms in total. The number of furan rings is 1. The molecule has 2 aromatic rings. The van der Waals surface area contributed by atoms with Crippen LogP contribution in [0.4, 0.5) is 0 Å². The minimum absolute atomic E-state index is 0.309. The van der Waals surface area contributed by atoms with Crippen LogP contribution in [-0.2, 0) is 0 Å². The lowest BCUT2D eigenvalue weighted by atomic mass is 10.1. The summed E-state index contributed by atoms with van der Waals surface area (Å²) < 4.78 is 5.57. The van der Waals surface area contributed by atoms with Gasteiger partial charge in [0.05, 0.1) is 5.56 Å². The van der Waals surface area contributed by atoms with Crippen molar-refractivity contribution in [2.75, 3.05) is 0 Å². The second kappa shape index (κ2) is 3.12. The van der Waals surface area contributed by atoms with Gasteiger partial charge in [0.25, 0.3) is 0 Å². The zero-order valence-electron chi connectivity index (χ0n) is 8.92. The van der Waals surface area contributed by atoms with Crippen molar-refractivity contribution in [2.45, 2.75) is 20.8 Å². The van der Waals surface area contributed by atoms with E-state index in [0.717, 1.165) is 27.9 Å². The normalized spacial score (nSPS) is 10.9. The van der Waals surface area contributed by atoms with Gasteiger partial charge in [-0.15, -0.1) is 0 Å². The Morgan fingerprint density at radius 3 is 2.53 bits per heavy atom. The SMILES string of the molecule is Cc1oc2c(C)cc(C(=O)O)cc2c1C. The first-order valence-corrected chi connectivity index (χ1v) is 4.74. The highest BCUT2D eigenvalue weighted by atomic mass is 16.4. The van der Waals surface area contributed by atoms with Crippen LogP contribution < -0.4 is 0 Å². The molecule has 0 amide bonds. The van der Waals surface area contributed by atoms with E-state index in [9.17, 15) is 4.79 Å². The van der Waals surface area contributed by atoms with E-state index in [-0.39, 0.29) is 0 Å². The highest BCUT2D eigenvalue weighted by Gasteiger charge is 2.13. The molecule has 0 fully saturated rings. The van der Waals surface area contributed by atoms with E-state index in [4.69, 9.17) is 9.52 Å². The van der Waals surface area contributed by atoms with E-state index in [1.54, 1.807) is 12.1 Å². The lowest BCUT2D eigenvalue weighted by molar-refractivity contribution is 0.0697. The molecule has 0 bridgehead atoms. The summed E-state index contributed by atoms with van der Waals surface area (Å²) in [4.78, 5) is 10.9. The molecule has 1 aromatic carbocycles. The molecule has 3 heteroatoms. The first-order chi connectivity index (χ1) is 7.00. The summed E-state index contributed by atoms with van der Waals surface area (Å²) in [5.41, 5.74) is 2.97. The molecule has 0 saturated heterocycles. The van der Waals surface area contributed by atoms with Gasteiger partial charge in [-0.1, -0.05) is 0 Å². The molecule has 15 heavy (non-hydrogen) atoms. The number of carbonyl (C=O) groups is 1. The third kappa shape index (κ3) is 1.40. The second-order valence-corrected chi connectivity index (χ2v) is 3.76. The first kappa shape index (κ1) is 9.77. The third-order valence-corrected chi connectivity index (χ3v) is 2.71. The predicted molar refractivity (Wildman–Crippen MR) is 57.4 cm³/mol. The molecule has 0 unspecified atom stereocenters. The molecule has 0 atom stereocenters. The molecule has 1 aromatic heterocycles. The van der Waals surface area contributed by atoms with Gasteiger partial charge in [0.2, 0.25) is 0 Å². The van der Waals surface area contributed by atoms with E-state index in [1.165, 1.54) is 0 Å². The lowest BCUT2D eigenvalue weighted by Crippen LogP contribution is -1.96. The molecule has 0 aliphatic heterocycles. The Morgan fingerprint density at radius 1 is 1.27 bits per heavy atom. The average molecular weight is 204 g/mol. The van der Waals surface area contributed by atoms with Gasteiger partial charge in [0.1, 0.15) is 11.3 Å². The van der Waals surface area contributed by atoms with Crippen molar-refractivity contribution >= 4 is 16.9 Å². The summed E-state index contributed by atoms with van der Waals surface area (Å²) in [6, 6.07) is 3.30. The molecule has 0 saturated carbocycles. The van der Waals surface area contributed by atoms with Crippen molar-refractivity contribution in [1.29, 1.82) is 0 Å². The number of hydrogen-bond donors (Lipinski definition) is 1. The van der Waals surface area contributed by atoms with Crippen LogP contribution in [0.3, 0.4) is 0 Å². The topological polar surface area (TPSA) is 50.4 Å². The molecule has 1 heterocycles. The molecule has 0 aliphatic rings. The first-order valence-electron chi connectivity index (χ1n) is 4.74. The van der Waals surface area contributed by atoms with Gasteiger partial charge in [-0.3, -0.25) is 0 Å². The van der Waals surface area contributed by atoms with Gasteiger partial charge < -0.3 is 9.52 Å². The maximum Gasteiger partial charge on any atom is 0.335 e. The molecule has 0 radical (unpaired) electrons. The fourth-order valence-corrected chi connectivity index (χ4v) is 1.73. The Hall–Kier alpha value is -1.77.